The second-order valence-corrected chi connectivity index (χ2v) is 7.10. The van der Waals surface area contributed by atoms with Crippen LogP contribution in [0.5, 0.6) is 0 Å². The molecule has 0 aliphatic carbocycles. The third kappa shape index (κ3) is 3.16. The zero-order valence-electron chi connectivity index (χ0n) is 15.8. The van der Waals surface area contributed by atoms with Crippen LogP contribution in [0.25, 0.3) is 21.9 Å². The zero-order valence-corrected chi connectivity index (χ0v) is 15.8. The van der Waals surface area contributed by atoms with Gasteiger partial charge in [-0.25, -0.2) is 4.79 Å². The molecule has 0 bridgehead atoms. The van der Waals surface area contributed by atoms with Crippen LogP contribution >= 0.6 is 0 Å². The third-order valence-corrected chi connectivity index (χ3v) is 5.10. The smallest absolute Gasteiger partial charge is 0.324 e. The standard InChI is InChI=1S/C23H17N3O4/c27-21-12-24-23(29)26(21)13-14-4-3-5-16(10-14)25-22(28)15-8-9-18-17-6-1-2-7-19(17)30-20(18)11-15/h1-11H,12-13H2,(H,24,29)(H,25,28). The first-order valence-corrected chi connectivity index (χ1v) is 9.48. The number of furan rings is 1. The molecule has 3 aromatic carbocycles. The molecule has 0 radical (unpaired) electrons. The van der Waals surface area contributed by atoms with Gasteiger partial charge in [-0.05, 0) is 42.0 Å². The van der Waals surface area contributed by atoms with Crippen LogP contribution in [0.15, 0.2) is 71.1 Å². The Morgan fingerprint density at radius 2 is 1.80 bits per heavy atom. The monoisotopic (exact) mass is 399 g/mol. The van der Waals surface area contributed by atoms with E-state index in [0.717, 1.165) is 26.8 Å². The molecule has 0 saturated carbocycles. The number of anilines is 1. The van der Waals surface area contributed by atoms with Crippen molar-refractivity contribution in [3.8, 4) is 0 Å². The van der Waals surface area contributed by atoms with Gasteiger partial charge in [0.1, 0.15) is 11.2 Å². The van der Waals surface area contributed by atoms with Gasteiger partial charge in [-0.15, -0.1) is 0 Å². The number of hydrogen-bond acceptors (Lipinski definition) is 4. The molecular formula is C23H17N3O4. The SMILES string of the molecule is O=C(Nc1cccc(CN2C(=O)CNC2=O)c1)c1ccc2c(c1)oc1ccccc12. The van der Waals surface area contributed by atoms with E-state index in [1.54, 1.807) is 36.4 Å². The molecule has 2 heterocycles. The van der Waals surface area contributed by atoms with Gasteiger partial charge < -0.3 is 15.1 Å². The zero-order chi connectivity index (χ0) is 20.7. The summed E-state index contributed by atoms with van der Waals surface area (Å²) in [4.78, 5) is 37.4. The first-order chi connectivity index (χ1) is 14.6. The minimum Gasteiger partial charge on any atom is -0.456 e. The fourth-order valence-electron chi connectivity index (χ4n) is 3.62. The summed E-state index contributed by atoms with van der Waals surface area (Å²) in [6, 6.07) is 19.8. The summed E-state index contributed by atoms with van der Waals surface area (Å²) in [6.07, 6.45) is 0. The maximum absolute atomic E-state index is 12.8. The Bertz CT molecular complexity index is 1310. The first kappa shape index (κ1) is 17.9. The molecule has 7 nitrogen and oxygen atoms in total. The van der Waals surface area contributed by atoms with Crippen molar-refractivity contribution >= 4 is 45.5 Å². The van der Waals surface area contributed by atoms with Crippen LogP contribution in [0.2, 0.25) is 0 Å². The summed E-state index contributed by atoms with van der Waals surface area (Å²) in [7, 11) is 0. The molecular weight excluding hydrogens is 382 g/mol. The molecule has 2 N–H and O–H groups in total. The van der Waals surface area contributed by atoms with Crippen LogP contribution in [0.3, 0.4) is 0 Å². The summed E-state index contributed by atoms with van der Waals surface area (Å²) in [5.74, 6) is -0.543. The van der Waals surface area contributed by atoms with Gasteiger partial charge in [0.15, 0.2) is 0 Å². The minimum absolute atomic E-state index is 0.0134. The third-order valence-electron chi connectivity index (χ3n) is 5.10. The quantitative estimate of drug-likeness (QED) is 0.509. The van der Waals surface area contributed by atoms with Crippen molar-refractivity contribution in [2.24, 2.45) is 0 Å². The molecule has 1 fully saturated rings. The van der Waals surface area contributed by atoms with Crippen LogP contribution in [0.1, 0.15) is 15.9 Å². The van der Waals surface area contributed by atoms with Crippen LogP contribution in [0, 0.1) is 0 Å². The topological polar surface area (TPSA) is 91.7 Å². The van der Waals surface area contributed by atoms with Gasteiger partial charge in [0.05, 0.1) is 13.1 Å². The largest absolute Gasteiger partial charge is 0.456 e. The molecule has 7 heteroatoms. The fourth-order valence-corrected chi connectivity index (χ4v) is 3.62. The Morgan fingerprint density at radius 3 is 2.63 bits per heavy atom. The fraction of sp³-hybridized carbons (Fsp3) is 0.0870. The number of imide groups is 1. The summed E-state index contributed by atoms with van der Waals surface area (Å²) >= 11 is 0. The number of urea groups is 1. The maximum atomic E-state index is 12.8. The van der Waals surface area contributed by atoms with E-state index in [4.69, 9.17) is 4.42 Å². The number of amides is 4. The molecule has 0 atom stereocenters. The Kier molecular flexibility index (Phi) is 4.21. The van der Waals surface area contributed by atoms with Gasteiger partial charge in [-0.3, -0.25) is 14.5 Å². The highest BCUT2D eigenvalue weighted by Gasteiger charge is 2.28. The Balaban J connectivity index is 1.36. The second kappa shape index (κ2) is 7.04. The molecule has 0 unspecified atom stereocenters. The molecule has 4 amide bonds. The van der Waals surface area contributed by atoms with E-state index in [9.17, 15) is 14.4 Å². The highest BCUT2D eigenvalue weighted by atomic mass is 16.3. The molecule has 148 valence electrons. The lowest BCUT2D eigenvalue weighted by molar-refractivity contribution is -0.125. The normalized spacial score (nSPS) is 13.8. The number of para-hydroxylation sites is 1. The predicted octanol–water partition coefficient (Wildman–Crippen LogP) is 3.89. The predicted molar refractivity (Wildman–Crippen MR) is 112 cm³/mol. The highest BCUT2D eigenvalue weighted by Crippen LogP contribution is 2.29. The van der Waals surface area contributed by atoms with E-state index in [1.165, 1.54) is 0 Å². The van der Waals surface area contributed by atoms with E-state index in [1.807, 2.05) is 30.3 Å². The lowest BCUT2D eigenvalue weighted by atomic mass is 10.1. The summed E-state index contributed by atoms with van der Waals surface area (Å²) in [5, 5.41) is 7.31. The van der Waals surface area contributed by atoms with Crippen molar-refractivity contribution in [3.63, 3.8) is 0 Å². The molecule has 1 saturated heterocycles. The van der Waals surface area contributed by atoms with Crippen LogP contribution < -0.4 is 10.6 Å². The van der Waals surface area contributed by atoms with Crippen molar-refractivity contribution < 1.29 is 18.8 Å². The Morgan fingerprint density at radius 1 is 0.967 bits per heavy atom. The number of fused-ring (bicyclic) bond motifs is 3. The van der Waals surface area contributed by atoms with Crippen LogP contribution in [0.4, 0.5) is 10.5 Å². The van der Waals surface area contributed by atoms with Gasteiger partial charge in [0.25, 0.3) is 5.91 Å². The van der Waals surface area contributed by atoms with Crippen molar-refractivity contribution in [1.29, 1.82) is 0 Å². The number of benzene rings is 3. The van der Waals surface area contributed by atoms with E-state index >= 15 is 0 Å². The highest BCUT2D eigenvalue weighted by molar-refractivity contribution is 6.10. The van der Waals surface area contributed by atoms with E-state index in [2.05, 4.69) is 10.6 Å². The lowest BCUT2D eigenvalue weighted by Crippen LogP contribution is -2.30. The second-order valence-electron chi connectivity index (χ2n) is 7.10. The van der Waals surface area contributed by atoms with Crippen LogP contribution in [-0.2, 0) is 11.3 Å². The summed E-state index contributed by atoms with van der Waals surface area (Å²) in [5.41, 5.74) is 3.22. The Labute approximate surface area is 171 Å². The van der Waals surface area contributed by atoms with Gasteiger partial charge in [-0.2, -0.15) is 0 Å². The molecule has 4 aromatic rings. The number of nitrogens with zero attached hydrogens (tertiary/aromatic N) is 1. The first-order valence-electron chi connectivity index (χ1n) is 9.48. The van der Waals surface area contributed by atoms with E-state index < -0.39 is 6.03 Å². The number of hydrogen-bond donors (Lipinski definition) is 2. The van der Waals surface area contributed by atoms with Gasteiger partial charge in [0.2, 0.25) is 5.91 Å². The molecule has 0 spiro atoms. The molecule has 1 aliphatic rings. The van der Waals surface area contributed by atoms with Crippen LogP contribution in [-0.4, -0.2) is 29.3 Å². The number of rotatable bonds is 4. The Hall–Kier alpha value is -4.13. The van der Waals surface area contributed by atoms with Crippen molar-refractivity contribution in [3.05, 3.63) is 77.9 Å². The van der Waals surface area contributed by atoms with E-state index in [0.29, 0.717) is 16.8 Å². The minimum atomic E-state index is -0.409. The number of nitrogens with one attached hydrogen (secondary N) is 2. The summed E-state index contributed by atoms with van der Waals surface area (Å²) < 4.78 is 5.85. The number of carbonyl (C=O) groups excluding carboxylic acids is 3. The maximum Gasteiger partial charge on any atom is 0.324 e. The van der Waals surface area contributed by atoms with Gasteiger partial charge in [0, 0.05) is 22.0 Å². The van der Waals surface area contributed by atoms with E-state index in [-0.39, 0.29) is 24.9 Å². The molecule has 30 heavy (non-hydrogen) atoms. The number of carbonyl (C=O) groups is 3. The van der Waals surface area contributed by atoms with Crippen molar-refractivity contribution in [2.45, 2.75) is 6.54 Å². The van der Waals surface area contributed by atoms with Crippen molar-refractivity contribution in [1.82, 2.24) is 10.2 Å². The average molecular weight is 399 g/mol. The molecule has 5 rings (SSSR count). The average Bonchev–Trinajstić information content (AvgIpc) is 3.28. The lowest BCUT2D eigenvalue weighted by Gasteiger charge is -2.13. The molecule has 1 aliphatic heterocycles. The summed E-state index contributed by atoms with van der Waals surface area (Å²) in [6.45, 7) is 0.166. The van der Waals surface area contributed by atoms with Crippen molar-refractivity contribution in [2.75, 3.05) is 11.9 Å². The van der Waals surface area contributed by atoms with Gasteiger partial charge in [-0.1, -0.05) is 30.3 Å². The molecule has 1 aromatic heterocycles. The van der Waals surface area contributed by atoms with Gasteiger partial charge >= 0.3 is 6.03 Å².